The van der Waals surface area contributed by atoms with E-state index in [2.05, 4.69) is 59.1 Å². The fourth-order valence-electron chi connectivity index (χ4n) is 2.50. The number of halogens is 1. The molecule has 1 aliphatic rings. The molecular weight excluding hydrogens is 304 g/mol. The third-order valence-corrected chi connectivity index (χ3v) is 4.79. The van der Waals surface area contributed by atoms with Crippen LogP contribution in [0.15, 0.2) is 16.6 Å². The summed E-state index contributed by atoms with van der Waals surface area (Å²) in [5.41, 5.74) is 2.46. The van der Waals surface area contributed by atoms with Crippen molar-refractivity contribution >= 4 is 15.9 Å². The van der Waals surface area contributed by atoms with E-state index in [4.69, 9.17) is 4.74 Å². The van der Waals surface area contributed by atoms with E-state index in [9.17, 15) is 0 Å². The molecule has 0 radical (unpaired) electrons. The Kier molecular flexibility index (Phi) is 5.25. The van der Waals surface area contributed by atoms with Crippen LogP contribution in [0.1, 0.15) is 18.1 Å². The van der Waals surface area contributed by atoms with Gasteiger partial charge in [-0.1, -0.05) is 15.9 Å². The van der Waals surface area contributed by atoms with Crippen LogP contribution in [0, 0.1) is 13.8 Å². The molecule has 1 saturated heterocycles. The lowest BCUT2D eigenvalue weighted by Crippen LogP contribution is -2.50. The first-order valence-corrected chi connectivity index (χ1v) is 7.71. The van der Waals surface area contributed by atoms with Gasteiger partial charge in [0.05, 0.1) is 0 Å². The number of piperazine rings is 1. The Morgan fingerprint density at radius 3 is 2.68 bits per heavy atom. The second kappa shape index (κ2) is 6.73. The summed E-state index contributed by atoms with van der Waals surface area (Å²) in [6, 6.07) is 4.78. The Balaban J connectivity index is 1.82. The minimum absolute atomic E-state index is 0.589. The number of hydrogen-bond acceptors (Lipinski definition) is 3. The van der Waals surface area contributed by atoms with Gasteiger partial charge in [0, 0.05) is 36.7 Å². The minimum atomic E-state index is 0.589. The summed E-state index contributed by atoms with van der Waals surface area (Å²) >= 11 is 3.58. The van der Waals surface area contributed by atoms with Crippen LogP contribution in [0.25, 0.3) is 0 Å². The van der Waals surface area contributed by atoms with Crippen LogP contribution in [0.5, 0.6) is 5.75 Å². The predicted molar refractivity (Wildman–Crippen MR) is 83.0 cm³/mol. The number of aryl methyl sites for hydroxylation is 2. The summed E-state index contributed by atoms with van der Waals surface area (Å²) in [6.45, 7) is 11.5. The molecule has 0 unspecified atom stereocenters. The normalized spacial score (nSPS) is 20.5. The van der Waals surface area contributed by atoms with Crippen LogP contribution in [0.4, 0.5) is 0 Å². The van der Waals surface area contributed by atoms with Gasteiger partial charge >= 0.3 is 0 Å². The SMILES string of the molecule is Cc1cc(OCCN2CCN[C@@H](C)C2)cc(C)c1Br. The quantitative estimate of drug-likeness (QED) is 0.920. The van der Waals surface area contributed by atoms with E-state index in [1.807, 2.05) is 0 Å². The highest BCUT2D eigenvalue weighted by molar-refractivity contribution is 9.10. The molecule has 106 valence electrons. The summed E-state index contributed by atoms with van der Waals surface area (Å²) in [4.78, 5) is 2.46. The van der Waals surface area contributed by atoms with E-state index in [1.54, 1.807) is 0 Å². The van der Waals surface area contributed by atoms with Crippen molar-refractivity contribution in [3.63, 3.8) is 0 Å². The third-order valence-electron chi connectivity index (χ3n) is 3.54. The van der Waals surface area contributed by atoms with Gasteiger partial charge in [-0.15, -0.1) is 0 Å². The van der Waals surface area contributed by atoms with Gasteiger partial charge in [-0.2, -0.15) is 0 Å². The highest BCUT2D eigenvalue weighted by Crippen LogP contribution is 2.26. The molecule has 0 saturated carbocycles. The number of hydrogen-bond donors (Lipinski definition) is 1. The van der Waals surface area contributed by atoms with Crippen molar-refractivity contribution in [2.24, 2.45) is 0 Å². The number of rotatable bonds is 4. The molecule has 3 nitrogen and oxygen atoms in total. The fraction of sp³-hybridized carbons (Fsp3) is 0.600. The molecule has 0 amide bonds. The monoisotopic (exact) mass is 326 g/mol. The maximum atomic E-state index is 5.88. The van der Waals surface area contributed by atoms with Gasteiger partial charge in [0.25, 0.3) is 0 Å². The Bertz CT molecular complexity index is 413. The maximum absolute atomic E-state index is 5.88. The van der Waals surface area contributed by atoms with Gasteiger partial charge in [0.1, 0.15) is 12.4 Å². The number of nitrogens with zero attached hydrogens (tertiary/aromatic N) is 1. The van der Waals surface area contributed by atoms with E-state index in [0.29, 0.717) is 6.04 Å². The van der Waals surface area contributed by atoms with Crippen molar-refractivity contribution < 1.29 is 4.74 Å². The Hall–Kier alpha value is -0.580. The van der Waals surface area contributed by atoms with Crippen molar-refractivity contribution in [1.29, 1.82) is 0 Å². The van der Waals surface area contributed by atoms with Gasteiger partial charge in [0.15, 0.2) is 0 Å². The largest absolute Gasteiger partial charge is 0.492 e. The van der Waals surface area contributed by atoms with Crippen molar-refractivity contribution in [3.05, 3.63) is 27.7 Å². The maximum Gasteiger partial charge on any atom is 0.119 e. The average Bonchev–Trinajstić information content (AvgIpc) is 2.36. The van der Waals surface area contributed by atoms with Gasteiger partial charge in [-0.3, -0.25) is 4.90 Å². The Labute approximate surface area is 124 Å². The van der Waals surface area contributed by atoms with Crippen LogP contribution in [0.3, 0.4) is 0 Å². The molecule has 2 rings (SSSR count). The van der Waals surface area contributed by atoms with E-state index in [0.717, 1.165) is 38.5 Å². The topological polar surface area (TPSA) is 24.5 Å². The molecule has 1 aromatic carbocycles. The van der Waals surface area contributed by atoms with Gasteiger partial charge in [-0.05, 0) is 44.0 Å². The van der Waals surface area contributed by atoms with Crippen molar-refractivity contribution in [2.45, 2.75) is 26.8 Å². The summed E-state index contributed by atoms with van der Waals surface area (Å²) < 4.78 is 7.05. The van der Waals surface area contributed by atoms with Crippen LogP contribution in [-0.4, -0.2) is 43.7 Å². The molecule has 4 heteroatoms. The van der Waals surface area contributed by atoms with E-state index >= 15 is 0 Å². The van der Waals surface area contributed by atoms with Crippen LogP contribution in [0.2, 0.25) is 0 Å². The number of ether oxygens (including phenoxy) is 1. The van der Waals surface area contributed by atoms with E-state index in [-0.39, 0.29) is 0 Å². The van der Waals surface area contributed by atoms with Crippen molar-refractivity contribution in [2.75, 3.05) is 32.8 Å². The van der Waals surface area contributed by atoms with E-state index < -0.39 is 0 Å². The molecule has 1 heterocycles. The zero-order valence-electron chi connectivity index (χ0n) is 12.0. The molecule has 0 aromatic heterocycles. The lowest BCUT2D eigenvalue weighted by atomic mass is 10.1. The molecule has 1 aliphatic heterocycles. The van der Waals surface area contributed by atoms with Crippen LogP contribution in [-0.2, 0) is 0 Å². The summed E-state index contributed by atoms with van der Waals surface area (Å²) in [5.74, 6) is 0.974. The zero-order valence-corrected chi connectivity index (χ0v) is 13.6. The zero-order chi connectivity index (χ0) is 13.8. The van der Waals surface area contributed by atoms with Crippen molar-refractivity contribution in [3.8, 4) is 5.75 Å². The minimum Gasteiger partial charge on any atom is -0.492 e. The van der Waals surface area contributed by atoms with Gasteiger partial charge < -0.3 is 10.1 Å². The molecule has 1 atom stereocenters. The Morgan fingerprint density at radius 2 is 2.05 bits per heavy atom. The fourth-order valence-corrected chi connectivity index (χ4v) is 2.73. The summed E-state index contributed by atoms with van der Waals surface area (Å²) in [6.07, 6.45) is 0. The first kappa shape index (κ1) is 14.8. The lowest BCUT2D eigenvalue weighted by Gasteiger charge is -2.31. The molecule has 19 heavy (non-hydrogen) atoms. The first-order valence-electron chi connectivity index (χ1n) is 6.91. The predicted octanol–water partition coefficient (Wildman–Crippen LogP) is 2.74. The standard InChI is InChI=1S/C15H23BrN2O/c1-11-8-14(9-12(2)15(11)16)19-7-6-18-5-4-17-13(3)10-18/h8-9,13,17H,4-7,10H2,1-3H3/t13-/m0/s1. The summed E-state index contributed by atoms with van der Waals surface area (Å²) in [5, 5.41) is 3.45. The average molecular weight is 327 g/mol. The highest BCUT2D eigenvalue weighted by atomic mass is 79.9. The highest BCUT2D eigenvalue weighted by Gasteiger charge is 2.14. The third kappa shape index (κ3) is 4.20. The first-order chi connectivity index (χ1) is 9.06. The van der Waals surface area contributed by atoms with Crippen LogP contribution < -0.4 is 10.1 Å². The van der Waals surface area contributed by atoms with E-state index in [1.165, 1.54) is 15.6 Å². The molecule has 1 aromatic rings. The molecule has 0 aliphatic carbocycles. The smallest absolute Gasteiger partial charge is 0.119 e. The second-order valence-corrected chi connectivity index (χ2v) is 6.17. The molecule has 1 N–H and O–H groups in total. The lowest BCUT2D eigenvalue weighted by molar-refractivity contribution is 0.170. The molecule has 0 bridgehead atoms. The molecule has 0 spiro atoms. The summed E-state index contributed by atoms with van der Waals surface area (Å²) in [7, 11) is 0. The van der Waals surface area contributed by atoms with Crippen LogP contribution >= 0.6 is 15.9 Å². The number of benzene rings is 1. The van der Waals surface area contributed by atoms with Gasteiger partial charge in [0.2, 0.25) is 0 Å². The Morgan fingerprint density at radius 1 is 1.37 bits per heavy atom. The molecular formula is C15H23BrN2O. The second-order valence-electron chi connectivity index (χ2n) is 5.38. The van der Waals surface area contributed by atoms with Gasteiger partial charge in [-0.25, -0.2) is 0 Å². The number of nitrogens with one attached hydrogen (secondary N) is 1. The van der Waals surface area contributed by atoms with Crippen molar-refractivity contribution in [1.82, 2.24) is 10.2 Å². The molecule has 1 fully saturated rings.